The summed E-state index contributed by atoms with van der Waals surface area (Å²) >= 11 is 2.27. The van der Waals surface area contributed by atoms with Crippen molar-refractivity contribution in [1.82, 2.24) is 0 Å². The van der Waals surface area contributed by atoms with Crippen LogP contribution in [0, 0.1) is 14.9 Å². The van der Waals surface area contributed by atoms with Crippen LogP contribution < -0.4 is 9.47 Å². The number of methoxy groups -OCH3 is 1. The fraction of sp³-hybridized carbons (Fsp3) is 0.130. The van der Waals surface area contributed by atoms with Crippen molar-refractivity contribution in [3.8, 4) is 17.6 Å². The van der Waals surface area contributed by atoms with Crippen LogP contribution in [0.5, 0.6) is 11.5 Å². The molecule has 0 saturated carbocycles. The quantitative estimate of drug-likeness (QED) is 0.240. The van der Waals surface area contributed by atoms with Crippen molar-refractivity contribution in [2.75, 3.05) is 7.11 Å². The van der Waals surface area contributed by atoms with E-state index in [1.807, 2.05) is 60.7 Å². The third-order valence-electron chi connectivity index (χ3n) is 4.13. The first-order valence-corrected chi connectivity index (χ1v) is 9.96. The third kappa shape index (κ3) is 5.96. The molecule has 0 N–H and O–H groups in total. The van der Waals surface area contributed by atoms with E-state index in [1.165, 1.54) is 3.57 Å². The number of ether oxygens (including phenoxy) is 2. The van der Waals surface area contributed by atoms with Crippen LogP contribution in [0.2, 0.25) is 0 Å². The van der Waals surface area contributed by atoms with Crippen LogP contribution in [-0.4, -0.2) is 13.3 Å². The Kier molecular flexibility index (Phi) is 7.47. The molecule has 0 aliphatic carbocycles. The Balaban J connectivity index is 1.60. The zero-order chi connectivity index (χ0) is 20.5. The Hall–Kier alpha value is -3.05. The van der Waals surface area contributed by atoms with Crippen molar-refractivity contribution in [3.05, 3.63) is 92.6 Å². The molecule has 0 saturated heterocycles. The normalized spacial score (nSPS) is 10.5. The second kappa shape index (κ2) is 10.5. The highest BCUT2D eigenvalue weighted by molar-refractivity contribution is 14.1. The molecule has 3 aromatic rings. The predicted octanol–water partition coefficient (Wildman–Crippen LogP) is 5.30. The number of nitrogens with zero attached hydrogens (tertiary/aromatic N) is 2. The summed E-state index contributed by atoms with van der Waals surface area (Å²) in [6, 6.07) is 23.1. The van der Waals surface area contributed by atoms with Crippen LogP contribution in [0.1, 0.15) is 22.3 Å². The lowest BCUT2D eigenvalue weighted by molar-refractivity contribution is 0.132. The molecule has 0 unspecified atom stereocenters. The number of nitriles is 1. The number of benzene rings is 3. The van der Waals surface area contributed by atoms with Crippen LogP contribution in [0.25, 0.3) is 0 Å². The topological polar surface area (TPSA) is 63.8 Å². The van der Waals surface area contributed by atoms with Crippen LogP contribution in [0.15, 0.2) is 71.9 Å². The van der Waals surface area contributed by atoms with E-state index in [4.69, 9.17) is 19.6 Å². The Morgan fingerprint density at radius 3 is 2.55 bits per heavy atom. The molecule has 0 bridgehead atoms. The molecule has 3 rings (SSSR count). The zero-order valence-electron chi connectivity index (χ0n) is 15.8. The third-order valence-corrected chi connectivity index (χ3v) is 4.85. The molecule has 5 nitrogen and oxygen atoms in total. The summed E-state index contributed by atoms with van der Waals surface area (Å²) in [6.45, 7) is 0.691. The zero-order valence-corrected chi connectivity index (χ0v) is 18.0. The maximum absolute atomic E-state index is 9.10. The fourth-order valence-electron chi connectivity index (χ4n) is 2.59. The van der Waals surface area contributed by atoms with Gasteiger partial charge in [0.25, 0.3) is 0 Å². The molecule has 0 aliphatic rings. The Morgan fingerprint density at radius 2 is 1.79 bits per heavy atom. The van der Waals surface area contributed by atoms with Gasteiger partial charge in [-0.2, -0.15) is 5.26 Å². The SMILES string of the molecule is COc1cc(/C=N\OCc2ccccc2C#N)ccc1OCc1ccc(I)cc1. The maximum atomic E-state index is 9.10. The largest absolute Gasteiger partial charge is 0.493 e. The van der Waals surface area contributed by atoms with Gasteiger partial charge in [-0.3, -0.25) is 0 Å². The van der Waals surface area contributed by atoms with Gasteiger partial charge in [0.1, 0.15) is 13.2 Å². The molecule has 0 aromatic heterocycles. The van der Waals surface area contributed by atoms with E-state index >= 15 is 0 Å². The fourth-order valence-corrected chi connectivity index (χ4v) is 2.95. The molecular weight excluding hydrogens is 479 g/mol. The van der Waals surface area contributed by atoms with Crippen LogP contribution in [0.3, 0.4) is 0 Å². The van der Waals surface area contributed by atoms with E-state index < -0.39 is 0 Å². The van der Waals surface area contributed by atoms with Crippen LogP contribution in [0.4, 0.5) is 0 Å². The lowest BCUT2D eigenvalue weighted by atomic mass is 10.1. The first-order valence-electron chi connectivity index (χ1n) is 8.88. The summed E-state index contributed by atoms with van der Waals surface area (Å²) in [6.07, 6.45) is 1.60. The second-order valence-corrected chi connectivity index (χ2v) is 7.35. The number of rotatable bonds is 8. The number of oxime groups is 1. The number of hydrogen-bond donors (Lipinski definition) is 0. The van der Waals surface area contributed by atoms with Gasteiger partial charge in [-0.1, -0.05) is 35.5 Å². The van der Waals surface area contributed by atoms with E-state index in [0.717, 1.165) is 16.7 Å². The molecule has 0 amide bonds. The van der Waals surface area contributed by atoms with Crippen molar-refractivity contribution in [3.63, 3.8) is 0 Å². The molecule has 0 radical (unpaired) electrons. The first-order chi connectivity index (χ1) is 14.2. The second-order valence-electron chi connectivity index (χ2n) is 6.10. The minimum absolute atomic E-state index is 0.231. The molecule has 3 aromatic carbocycles. The van der Waals surface area contributed by atoms with E-state index in [2.05, 4.69) is 33.8 Å². The monoisotopic (exact) mass is 498 g/mol. The van der Waals surface area contributed by atoms with Gasteiger partial charge < -0.3 is 14.3 Å². The Labute approximate surface area is 183 Å². The summed E-state index contributed by atoms with van der Waals surface area (Å²) in [5.41, 5.74) is 3.28. The Bertz CT molecular complexity index is 1030. The molecule has 0 aliphatic heterocycles. The predicted molar refractivity (Wildman–Crippen MR) is 120 cm³/mol. The number of halogens is 1. The Morgan fingerprint density at radius 1 is 1.00 bits per heavy atom. The summed E-state index contributed by atoms with van der Waals surface area (Å²) in [5.74, 6) is 1.28. The summed E-state index contributed by atoms with van der Waals surface area (Å²) in [4.78, 5) is 5.33. The van der Waals surface area contributed by atoms with Gasteiger partial charge in [0.2, 0.25) is 0 Å². The van der Waals surface area contributed by atoms with Crippen molar-refractivity contribution < 1.29 is 14.3 Å². The van der Waals surface area contributed by atoms with Gasteiger partial charge in [0.15, 0.2) is 11.5 Å². The summed E-state index contributed by atoms with van der Waals surface area (Å²) < 4.78 is 12.5. The van der Waals surface area contributed by atoms with Gasteiger partial charge in [-0.25, -0.2) is 0 Å². The average molecular weight is 498 g/mol. The van der Waals surface area contributed by atoms with Crippen molar-refractivity contribution >= 4 is 28.8 Å². The smallest absolute Gasteiger partial charge is 0.161 e. The van der Waals surface area contributed by atoms with Crippen molar-refractivity contribution in [2.24, 2.45) is 5.16 Å². The highest BCUT2D eigenvalue weighted by atomic mass is 127. The molecule has 0 atom stereocenters. The van der Waals surface area contributed by atoms with Gasteiger partial charge in [-0.15, -0.1) is 0 Å². The molecule has 0 spiro atoms. The molecule has 6 heteroatoms. The lowest BCUT2D eigenvalue weighted by Crippen LogP contribution is -1.98. The minimum atomic E-state index is 0.231. The minimum Gasteiger partial charge on any atom is -0.493 e. The van der Waals surface area contributed by atoms with Crippen LogP contribution >= 0.6 is 22.6 Å². The molecule has 0 heterocycles. The molecule has 29 heavy (non-hydrogen) atoms. The highest BCUT2D eigenvalue weighted by Gasteiger charge is 2.06. The average Bonchev–Trinajstić information content (AvgIpc) is 2.77. The van der Waals surface area contributed by atoms with E-state index in [1.54, 1.807) is 19.4 Å². The van der Waals surface area contributed by atoms with Gasteiger partial charge in [0, 0.05) is 14.7 Å². The standard InChI is InChI=1S/C23H19IN2O3/c1-27-23-12-18(14-26-29-16-20-5-3-2-4-19(20)13-25)8-11-22(23)28-15-17-6-9-21(24)10-7-17/h2-12,14H,15-16H2,1H3/b26-14-. The first kappa shape index (κ1) is 20.7. The molecular formula is C23H19IN2O3. The molecule has 0 fully saturated rings. The number of hydrogen-bond acceptors (Lipinski definition) is 5. The van der Waals surface area contributed by atoms with Crippen molar-refractivity contribution in [2.45, 2.75) is 13.2 Å². The van der Waals surface area contributed by atoms with E-state index in [9.17, 15) is 0 Å². The van der Waals surface area contributed by atoms with E-state index in [0.29, 0.717) is 23.7 Å². The maximum Gasteiger partial charge on any atom is 0.161 e. The lowest BCUT2D eigenvalue weighted by Gasteiger charge is -2.11. The summed E-state index contributed by atoms with van der Waals surface area (Å²) in [5, 5.41) is 13.1. The van der Waals surface area contributed by atoms with Gasteiger partial charge >= 0.3 is 0 Å². The van der Waals surface area contributed by atoms with Gasteiger partial charge in [0.05, 0.1) is 25.0 Å². The van der Waals surface area contributed by atoms with Gasteiger partial charge in [-0.05, 0) is 64.6 Å². The van der Waals surface area contributed by atoms with E-state index in [-0.39, 0.29) is 6.61 Å². The van der Waals surface area contributed by atoms with Crippen molar-refractivity contribution in [1.29, 1.82) is 5.26 Å². The summed E-state index contributed by atoms with van der Waals surface area (Å²) in [7, 11) is 1.60. The highest BCUT2D eigenvalue weighted by Crippen LogP contribution is 2.28. The van der Waals surface area contributed by atoms with Crippen LogP contribution in [-0.2, 0) is 18.1 Å². The molecule has 146 valence electrons.